The summed E-state index contributed by atoms with van der Waals surface area (Å²) < 4.78 is 20.4. The zero-order chi connectivity index (χ0) is 17.1. The summed E-state index contributed by atoms with van der Waals surface area (Å²) >= 11 is 0. The number of benzene rings is 2. The van der Waals surface area contributed by atoms with E-state index in [1.165, 1.54) is 16.9 Å². The molecule has 5 nitrogen and oxygen atoms in total. The van der Waals surface area contributed by atoms with Gasteiger partial charge in [-0.05, 0) is 43.3 Å². The number of aromatic nitrogens is 2. The Hall–Kier alpha value is -3.15. The summed E-state index contributed by atoms with van der Waals surface area (Å²) in [7, 11) is 1.58. The van der Waals surface area contributed by atoms with Gasteiger partial charge in [0.25, 0.3) is 5.91 Å². The molecule has 0 aliphatic rings. The Morgan fingerprint density at radius 3 is 2.54 bits per heavy atom. The van der Waals surface area contributed by atoms with Gasteiger partial charge in [-0.2, -0.15) is 5.10 Å². The highest BCUT2D eigenvalue weighted by Crippen LogP contribution is 2.19. The Kier molecular flexibility index (Phi) is 4.29. The van der Waals surface area contributed by atoms with E-state index < -0.39 is 5.82 Å². The van der Waals surface area contributed by atoms with Gasteiger partial charge in [0.05, 0.1) is 24.6 Å². The smallest absolute Gasteiger partial charge is 0.259 e. The topological polar surface area (TPSA) is 56.1 Å². The van der Waals surface area contributed by atoms with E-state index in [2.05, 4.69) is 10.4 Å². The Morgan fingerprint density at radius 2 is 1.88 bits per heavy atom. The lowest BCUT2D eigenvalue weighted by molar-refractivity contribution is 0.102. The van der Waals surface area contributed by atoms with Crippen LogP contribution < -0.4 is 10.1 Å². The van der Waals surface area contributed by atoms with Crippen LogP contribution in [0.4, 0.5) is 10.1 Å². The van der Waals surface area contributed by atoms with Crippen LogP contribution in [-0.2, 0) is 0 Å². The van der Waals surface area contributed by atoms with Gasteiger partial charge in [0.15, 0.2) is 0 Å². The minimum atomic E-state index is -0.397. The van der Waals surface area contributed by atoms with Crippen molar-refractivity contribution in [1.82, 2.24) is 9.78 Å². The van der Waals surface area contributed by atoms with Gasteiger partial charge >= 0.3 is 0 Å². The average molecular weight is 325 g/mol. The molecule has 3 rings (SSSR count). The summed E-state index contributed by atoms with van der Waals surface area (Å²) in [6.07, 6.45) is 1.43. The van der Waals surface area contributed by atoms with Crippen LogP contribution in [0.3, 0.4) is 0 Å². The fraction of sp³-hybridized carbons (Fsp3) is 0.111. The first-order valence-corrected chi connectivity index (χ1v) is 7.35. The first kappa shape index (κ1) is 15.7. The fourth-order valence-corrected chi connectivity index (χ4v) is 2.37. The van der Waals surface area contributed by atoms with Gasteiger partial charge in [-0.25, -0.2) is 9.07 Å². The van der Waals surface area contributed by atoms with Crippen LogP contribution >= 0.6 is 0 Å². The standard InChI is InChI=1S/C18H16FN3O2/c1-12-15(11-20-22(12)17-6-4-3-5-16(17)19)18(23)21-13-7-9-14(24-2)10-8-13/h3-11H,1-2H3,(H,21,23). The molecule has 1 N–H and O–H groups in total. The molecule has 122 valence electrons. The second-order valence-electron chi connectivity index (χ2n) is 5.19. The minimum absolute atomic E-state index is 0.304. The molecule has 2 aromatic carbocycles. The number of hydrogen-bond donors (Lipinski definition) is 1. The number of nitrogens with one attached hydrogen (secondary N) is 1. The molecule has 0 radical (unpaired) electrons. The third kappa shape index (κ3) is 2.99. The third-order valence-electron chi connectivity index (χ3n) is 3.68. The first-order chi connectivity index (χ1) is 11.6. The number of hydrogen-bond acceptors (Lipinski definition) is 3. The number of amides is 1. The van der Waals surface area contributed by atoms with Crippen LogP contribution in [0, 0.1) is 12.7 Å². The van der Waals surface area contributed by atoms with Crippen molar-refractivity contribution in [3.05, 3.63) is 71.8 Å². The molecule has 1 aromatic heterocycles. The highest BCUT2D eigenvalue weighted by atomic mass is 19.1. The number of anilines is 1. The third-order valence-corrected chi connectivity index (χ3v) is 3.68. The molecule has 0 saturated carbocycles. The molecule has 6 heteroatoms. The van der Waals surface area contributed by atoms with Crippen molar-refractivity contribution in [2.45, 2.75) is 6.92 Å². The monoisotopic (exact) mass is 325 g/mol. The summed E-state index contributed by atoms with van der Waals surface area (Å²) in [5, 5.41) is 6.92. The lowest BCUT2D eigenvalue weighted by Gasteiger charge is -2.08. The molecule has 1 amide bonds. The number of ether oxygens (including phenoxy) is 1. The van der Waals surface area contributed by atoms with E-state index in [9.17, 15) is 9.18 Å². The van der Waals surface area contributed by atoms with Crippen LogP contribution in [0.5, 0.6) is 5.75 Å². The zero-order valence-electron chi connectivity index (χ0n) is 13.3. The maximum atomic E-state index is 13.9. The van der Waals surface area contributed by atoms with E-state index in [0.29, 0.717) is 28.4 Å². The van der Waals surface area contributed by atoms with E-state index in [0.717, 1.165) is 0 Å². The summed E-state index contributed by atoms with van der Waals surface area (Å²) in [5.74, 6) is 0.00243. The number of methoxy groups -OCH3 is 1. The Balaban J connectivity index is 1.85. The molecule has 0 unspecified atom stereocenters. The average Bonchev–Trinajstić information content (AvgIpc) is 2.97. The van der Waals surface area contributed by atoms with Gasteiger partial charge in [0.1, 0.15) is 17.3 Å². The molecule has 0 atom stereocenters. The van der Waals surface area contributed by atoms with Gasteiger partial charge in [-0.3, -0.25) is 4.79 Å². The minimum Gasteiger partial charge on any atom is -0.497 e. The maximum Gasteiger partial charge on any atom is 0.259 e. The van der Waals surface area contributed by atoms with E-state index in [1.54, 1.807) is 56.5 Å². The van der Waals surface area contributed by atoms with Gasteiger partial charge in [0.2, 0.25) is 0 Å². The van der Waals surface area contributed by atoms with E-state index in [1.807, 2.05) is 0 Å². The molecule has 0 fully saturated rings. The Labute approximate surface area is 138 Å². The number of halogens is 1. The van der Waals surface area contributed by atoms with E-state index >= 15 is 0 Å². The SMILES string of the molecule is COc1ccc(NC(=O)c2cnn(-c3ccccc3F)c2C)cc1. The number of carbonyl (C=O) groups excluding carboxylic acids is 1. The van der Waals surface area contributed by atoms with Crippen molar-refractivity contribution in [2.24, 2.45) is 0 Å². The van der Waals surface area contributed by atoms with Gasteiger partial charge in [-0.1, -0.05) is 12.1 Å². The Morgan fingerprint density at radius 1 is 1.17 bits per heavy atom. The quantitative estimate of drug-likeness (QED) is 0.797. The molecule has 0 spiro atoms. The van der Waals surface area contributed by atoms with Crippen LogP contribution in [0.2, 0.25) is 0 Å². The number of nitrogens with zero attached hydrogens (tertiary/aromatic N) is 2. The molecule has 0 aliphatic heterocycles. The van der Waals surface area contributed by atoms with Crippen LogP contribution in [0.15, 0.2) is 54.7 Å². The summed E-state index contributed by atoms with van der Waals surface area (Å²) in [5.41, 5.74) is 1.89. The summed E-state index contributed by atoms with van der Waals surface area (Å²) in [6.45, 7) is 1.72. The van der Waals surface area contributed by atoms with Crippen LogP contribution in [0.25, 0.3) is 5.69 Å². The maximum absolute atomic E-state index is 13.9. The van der Waals surface area contributed by atoms with Crippen molar-refractivity contribution in [1.29, 1.82) is 0 Å². The molecular weight excluding hydrogens is 309 g/mol. The van der Waals surface area contributed by atoms with Crippen molar-refractivity contribution >= 4 is 11.6 Å². The molecule has 24 heavy (non-hydrogen) atoms. The highest BCUT2D eigenvalue weighted by molar-refractivity contribution is 6.05. The largest absolute Gasteiger partial charge is 0.497 e. The predicted octanol–water partition coefficient (Wildman–Crippen LogP) is 3.58. The molecule has 0 saturated heterocycles. The van der Waals surface area contributed by atoms with Gasteiger partial charge < -0.3 is 10.1 Å². The zero-order valence-corrected chi connectivity index (χ0v) is 13.3. The lowest BCUT2D eigenvalue weighted by atomic mass is 10.2. The van der Waals surface area contributed by atoms with Gasteiger partial charge in [0, 0.05) is 5.69 Å². The second kappa shape index (κ2) is 6.54. The van der Waals surface area contributed by atoms with E-state index in [-0.39, 0.29) is 5.91 Å². The van der Waals surface area contributed by atoms with Crippen molar-refractivity contribution in [3.8, 4) is 11.4 Å². The van der Waals surface area contributed by atoms with Gasteiger partial charge in [-0.15, -0.1) is 0 Å². The van der Waals surface area contributed by atoms with Crippen molar-refractivity contribution < 1.29 is 13.9 Å². The molecule has 0 aliphatic carbocycles. The van der Waals surface area contributed by atoms with Crippen LogP contribution in [-0.4, -0.2) is 22.8 Å². The molecular formula is C18H16FN3O2. The Bertz CT molecular complexity index is 872. The molecule has 0 bridgehead atoms. The number of carbonyl (C=O) groups is 1. The second-order valence-corrected chi connectivity index (χ2v) is 5.19. The lowest BCUT2D eigenvalue weighted by Crippen LogP contribution is -2.13. The fourth-order valence-electron chi connectivity index (χ4n) is 2.37. The summed E-state index contributed by atoms with van der Waals surface area (Å²) in [4.78, 5) is 12.4. The normalized spacial score (nSPS) is 10.5. The van der Waals surface area contributed by atoms with Crippen molar-refractivity contribution in [2.75, 3.05) is 12.4 Å². The number of para-hydroxylation sites is 1. The molecule has 3 aromatic rings. The van der Waals surface area contributed by atoms with E-state index in [4.69, 9.17) is 4.74 Å². The molecule has 1 heterocycles. The van der Waals surface area contributed by atoms with Crippen LogP contribution in [0.1, 0.15) is 16.1 Å². The van der Waals surface area contributed by atoms with Crippen molar-refractivity contribution in [3.63, 3.8) is 0 Å². The predicted molar refractivity (Wildman–Crippen MR) is 89.2 cm³/mol. The summed E-state index contributed by atoms with van der Waals surface area (Å²) in [6, 6.07) is 13.3. The highest BCUT2D eigenvalue weighted by Gasteiger charge is 2.16. The first-order valence-electron chi connectivity index (χ1n) is 7.35. The number of rotatable bonds is 4.